The first kappa shape index (κ1) is 19.2. The van der Waals surface area contributed by atoms with Gasteiger partial charge in [0.25, 0.3) is 0 Å². The second-order valence-corrected chi connectivity index (χ2v) is 9.22. The summed E-state index contributed by atoms with van der Waals surface area (Å²) >= 11 is 1.05. The van der Waals surface area contributed by atoms with E-state index >= 15 is 0 Å². The maximum Gasteiger partial charge on any atom is 0.311 e. The molecule has 4 atom stereocenters. The van der Waals surface area contributed by atoms with E-state index in [1.165, 1.54) is 17.4 Å². The number of aliphatic hydroxyl groups is 1. The van der Waals surface area contributed by atoms with Gasteiger partial charge in [-0.05, 0) is 26.7 Å². The first-order valence-corrected chi connectivity index (χ1v) is 10.7. The second-order valence-electron chi connectivity index (χ2n) is 8.26. The number of ether oxygens (including phenoxy) is 3. The first-order valence-electron chi connectivity index (χ1n) is 9.93. The molecule has 2 saturated heterocycles. The standard InChI is InChI=1S/C18H25N5O5S/c1-18(2)27-10-9(7-24)26-15(11(10)28-18)23-14-12(29-17(23)25)13(21-16(19)22-14)20-8-5-3-4-6-8/h8-11,15,24H,3-7H2,1-2H3,(H3,19,20,21,22). The van der Waals surface area contributed by atoms with Crippen molar-refractivity contribution >= 4 is 33.5 Å². The smallest absolute Gasteiger partial charge is 0.311 e. The lowest BCUT2D eigenvalue weighted by atomic mass is 10.1. The van der Waals surface area contributed by atoms with E-state index in [1.54, 1.807) is 13.8 Å². The molecule has 5 rings (SSSR count). The number of thiazole rings is 1. The van der Waals surface area contributed by atoms with Gasteiger partial charge in [-0.15, -0.1) is 0 Å². The van der Waals surface area contributed by atoms with Crippen LogP contribution in [0.5, 0.6) is 0 Å². The van der Waals surface area contributed by atoms with Crippen molar-refractivity contribution in [1.29, 1.82) is 0 Å². The van der Waals surface area contributed by atoms with Gasteiger partial charge in [-0.2, -0.15) is 9.97 Å². The molecule has 4 N–H and O–H groups in total. The third-order valence-corrected chi connectivity index (χ3v) is 6.69. The summed E-state index contributed by atoms with van der Waals surface area (Å²) in [5.74, 6) is -0.164. The number of aliphatic hydroxyl groups excluding tert-OH is 1. The van der Waals surface area contributed by atoms with Crippen LogP contribution in [0.4, 0.5) is 11.8 Å². The Kier molecular flexibility index (Phi) is 4.55. The number of nitrogens with zero attached hydrogens (tertiary/aromatic N) is 3. The van der Waals surface area contributed by atoms with Crippen molar-refractivity contribution in [2.24, 2.45) is 0 Å². The third kappa shape index (κ3) is 3.21. The molecule has 4 unspecified atom stereocenters. The highest BCUT2D eigenvalue weighted by Gasteiger charge is 2.56. The Balaban J connectivity index is 1.57. The summed E-state index contributed by atoms with van der Waals surface area (Å²) in [5, 5.41) is 13.2. The van der Waals surface area contributed by atoms with Crippen LogP contribution in [0, 0.1) is 0 Å². The van der Waals surface area contributed by atoms with E-state index in [-0.39, 0.29) is 17.4 Å². The molecule has 0 bridgehead atoms. The predicted molar refractivity (Wildman–Crippen MR) is 107 cm³/mol. The number of aromatic nitrogens is 3. The summed E-state index contributed by atoms with van der Waals surface area (Å²) in [4.78, 5) is 21.4. The molecule has 0 aromatic carbocycles. The molecule has 2 aromatic heterocycles. The fraction of sp³-hybridized carbons (Fsp3) is 0.722. The highest BCUT2D eigenvalue weighted by Crippen LogP contribution is 2.44. The SMILES string of the molecule is CC1(C)OC2C(CO)OC(n3c(=O)sc4c(NC5CCCC5)nc(N)nc43)C2O1. The van der Waals surface area contributed by atoms with Crippen molar-refractivity contribution in [1.82, 2.24) is 14.5 Å². The number of nitrogens with two attached hydrogens (primary N) is 1. The monoisotopic (exact) mass is 423 g/mol. The van der Waals surface area contributed by atoms with Gasteiger partial charge >= 0.3 is 4.87 Å². The molecule has 0 radical (unpaired) electrons. The van der Waals surface area contributed by atoms with Crippen LogP contribution in [0.15, 0.2) is 4.79 Å². The first-order chi connectivity index (χ1) is 13.9. The fourth-order valence-corrected chi connectivity index (χ4v) is 5.44. The lowest BCUT2D eigenvalue weighted by molar-refractivity contribution is -0.199. The van der Waals surface area contributed by atoms with Gasteiger partial charge in [0.05, 0.1) is 6.61 Å². The second kappa shape index (κ2) is 6.88. The number of fused-ring (bicyclic) bond motifs is 2. The Morgan fingerprint density at radius 1 is 1.28 bits per heavy atom. The topological polar surface area (TPSA) is 134 Å². The third-order valence-electron chi connectivity index (χ3n) is 5.73. The summed E-state index contributed by atoms with van der Waals surface area (Å²) < 4.78 is 20.0. The summed E-state index contributed by atoms with van der Waals surface area (Å²) in [5.41, 5.74) is 6.38. The number of rotatable bonds is 4. The molecule has 158 valence electrons. The van der Waals surface area contributed by atoms with Gasteiger partial charge in [0.15, 0.2) is 23.5 Å². The van der Waals surface area contributed by atoms with E-state index < -0.39 is 30.3 Å². The van der Waals surface area contributed by atoms with E-state index in [0.29, 0.717) is 22.2 Å². The molecule has 10 nitrogen and oxygen atoms in total. The zero-order valence-electron chi connectivity index (χ0n) is 16.3. The van der Waals surface area contributed by atoms with E-state index in [2.05, 4.69) is 15.3 Å². The summed E-state index contributed by atoms with van der Waals surface area (Å²) in [7, 11) is 0. The number of hydrogen-bond donors (Lipinski definition) is 3. The molecule has 1 aliphatic carbocycles. The zero-order chi connectivity index (χ0) is 20.3. The van der Waals surface area contributed by atoms with Crippen LogP contribution in [0.25, 0.3) is 10.3 Å². The van der Waals surface area contributed by atoms with Gasteiger partial charge in [0.1, 0.15) is 23.0 Å². The van der Waals surface area contributed by atoms with Gasteiger partial charge in [0.2, 0.25) is 5.95 Å². The van der Waals surface area contributed by atoms with E-state index in [4.69, 9.17) is 19.9 Å². The minimum absolute atomic E-state index is 0.0849. The van der Waals surface area contributed by atoms with Gasteiger partial charge in [-0.1, -0.05) is 24.2 Å². The van der Waals surface area contributed by atoms with Crippen LogP contribution in [0.2, 0.25) is 0 Å². The van der Waals surface area contributed by atoms with Crippen molar-refractivity contribution in [3.05, 3.63) is 9.67 Å². The largest absolute Gasteiger partial charge is 0.394 e. The van der Waals surface area contributed by atoms with E-state index in [1.807, 2.05) is 0 Å². The number of nitrogens with one attached hydrogen (secondary N) is 1. The molecule has 29 heavy (non-hydrogen) atoms. The quantitative estimate of drug-likeness (QED) is 0.663. The molecule has 1 saturated carbocycles. The summed E-state index contributed by atoms with van der Waals surface area (Å²) in [6.45, 7) is 3.36. The summed E-state index contributed by atoms with van der Waals surface area (Å²) in [6.07, 6.45) is 2.10. The Bertz CT molecular complexity index is 985. The van der Waals surface area contributed by atoms with Gasteiger partial charge in [-0.25, -0.2) is 0 Å². The Morgan fingerprint density at radius 2 is 2.00 bits per heavy atom. The molecular formula is C18H25N5O5S. The van der Waals surface area contributed by atoms with Crippen molar-refractivity contribution in [3.8, 4) is 0 Å². The lowest BCUT2D eigenvalue weighted by Crippen LogP contribution is -2.32. The Morgan fingerprint density at radius 3 is 2.72 bits per heavy atom. The van der Waals surface area contributed by atoms with Crippen LogP contribution in [-0.2, 0) is 14.2 Å². The molecule has 3 aliphatic rings. The number of nitrogen functional groups attached to an aromatic ring is 1. The maximum absolute atomic E-state index is 13.0. The predicted octanol–water partition coefficient (Wildman–Crippen LogP) is 1.20. The minimum Gasteiger partial charge on any atom is -0.394 e. The fourth-order valence-electron chi connectivity index (χ4n) is 4.54. The maximum atomic E-state index is 13.0. The molecular weight excluding hydrogens is 398 g/mol. The van der Waals surface area contributed by atoms with Crippen LogP contribution < -0.4 is 15.9 Å². The molecule has 0 amide bonds. The lowest BCUT2D eigenvalue weighted by Gasteiger charge is -2.24. The Labute approximate surface area is 171 Å². The molecule has 0 spiro atoms. The van der Waals surface area contributed by atoms with Crippen molar-refractivity contribution in [2.75, 3.05) is 17.7 Å². The van der Waals surface area contributed by atoms with Crippen LogP contribution >= 0.6 is 11.3 Å². The summed E-state index contributed by atoms with van der Waals surface area (Å²) in [6, 6.07) is 0.316. The normalized spacial score (nSPS) is 31.6. The van der Waals surface area contributed by atoms with Gasteiger partial charge < -0.3 is 30.4 Å². The van der Waals surface area contributed by atoms with Crippen molar-refractivity contribution in [3.63, 3.8) is 0 Å². The van der Waals surface area contributed by atoms with Crippen molar-refractivity contribution in [2.45, 2.75) is 75.9 Å². The Hall–Kier alpha value is -1.79. The highest BCUT2D eigenvalue weighted by atomic mass is 32.1. The van der Waals surface area contributed by atoms with Crippen LogP contribution in [0.3, 0.4) is 0 Å². The molecule has 2 aromatic rings. The zero-order valence-corrected chi connectivity index (χ0v) is 17.1. The van der Waals surface area contributed by atoms with Gasteiger partial charge in [-0.3, -0.25) is 9.36 Å². The molecule has 3 fully saturated rings. The molecule has 11 heteroatoms. The van der Waals surface area contributed by atoms with E-state index in [9.17, 15) is 9.90 Å². The highest BCUT2D eigenvalue weighted by molar-refractivity contribution is 7.17. The van der Waals surface area contributed by atoms with Gasteiger partial charge in [0, 0.05) is 6.04 Å². The van der Waals surface area contributed by atoms with Crippen LogP contribution in [0.1, 0.15) is 45.8 Å². The van der Waals surface area contributed by atoms with Crippen LogP contribution in [-0.4, -0.2) is 56.4 Å². The average Bonchev–Trinajstić information content (AvgIpc) is 3.39. The number of hydrogen-bond acceptors (Lipinski definition) is 10. The molecule has 4 heterocycles. The minimum atomic E-state index is -0.830. The number of anilines is 2. The molecule has 2 aliphatic heterocycles. The van der Waals surface area contributed by atoms with Crippen molar-refractivity contribution < 1.29 is 19.3 Å². The average molecular weight is 423 g/mol. The van der Waals surface area contributed by atoms with E-state index in [0.717, 1.165) is 24.2 Å².